The summed E-state index contributed by atoms with van der Waals surface area (Å²) in [6.07, 6.45) is 6.93. The van der Waals surface area contributed by atoms with E-state index in [4.69, 9.17) is 0 Å². The van der Waals surface area contributed by atoms with E-state index >= 15 is 0 Å². The number of aldehydes is 1. The van der Waals surface area contributed by atoms with E-state index in [9.17, 15) is 4.79 Å². The normalized spacial score (nSPS) is 20.8. The highest BCUT2D eigenvalue weighted by molar-refractivity contribution is 5.85. The lowest BCUT2D eigenvalue weighted by Gasteiger charge is -2.45. The highest BCUT2D eigenvalue weighted by atomic mass is 16.1. The van der Waals surface area contributed by atoms with Crippen LogP contribution in [0.4, 0.5) is 11.6 Å². The Morgan fingerprint density at radius 2 is 1.88 bits per heavy atom. The summed E-state index contributed by atoms with van der Waals surface area (Å²) in [7, 11) is 0. The lowest BCUT2D eigenvalue weighted by atomic mass is 10.0. The molecule has 4 rings (SSSR count). The lowest BCUT2D eigenvalue weighted by Crippen LogP contribution is -2.60. The van der Waals surface area contributed by atoms with Gasteiger partial charge in [-0.3, -0.25) is 0 Å². The first-order valence-electron chi connectivity index (χ1n) is 8.92. The Balaban J connectivity index is 1.71. The third-order valence-corrected chi connectivity index (χ3v) is 4.95. The standard InChI is InChI=1S/C21H22N4O/c1-2-7-18-19(15-26)25(13-12-24(18)20-10-5-6-11-22-20)21-14-16-8-3-4-9-17(16)23-21/h2-11,14-15,18-19,23H,12-13H2,1H3. The molecule has 1 saturated heterocycles. The van der Waals surface area contributed by atoms with Gasteiger partial charge in [-0.15, -0.1) is 0 Å². The van der Waals surface area contributed by atoms with Crippen molar-refractivity contribution in [2.24, 2.45) is 0 Å². The van der Waals surface area contributed by atoms with E-state index in [1.807, 2.05) is 43.3 Å². The second-order valence-electron chi connectivity index (χ2n) is 6.46. The summed E-state index contributed by atoms with van der Waals surface area (Å²) >= 11 is 0. The highest BCUT2D eigenvalue weighted by Crippen LogP contribution is 2.29. The van der Waals surface area contributed by atoms with Crippen molar-refractivity contribution >= 4 is 28.8 Å². The van der Waals surface area contributed by atoms with E-state index < -0.39 is 0 Å². The number of rotatable bonds is 4. The van der Waals surface area contributed by atoms with Crippen LogP contribution in [0.3, 0.4) is 0 Å². The Bertz CT molecular complexity index is 885. The minimum Gasteiger partial charge on any atom is -0.346 e. The predicted molar refractivity (Wildman–Crippen MR) is 106 cm³/mol. The van der Waals surface area contributed by atoms with Crippen LogP contribution in [-0.2, 0) is 4.79 Å². The number of aromatic nitrogens is 2. The van der Waals surface area contributed by atoms with E-state index in [1.54, 1.807) is 6.20 Å². The van der Waals surface area contributed by atoms with Crippen LogP contribution in [0.15, 0.2) is 66.9 Å². The van der Waals surface area contributed by atoms with Gasteiger partial charge in [0.25, 0.3) is 0 Å². The SMILES string of the molecule is CC=CC1C(C=O)N(c2cc3ccccc3[nH]2)CCN1c1ccccn1. The topological polar surface area (TPSA) is 52.2 Å². The van der Waals surface area contributed by atoms with E-state index in [0.717, 1.165) is 41.9 Å². The van der Waals surface area contributed by atoms with Crippen LogP contribution in [0.25, 0.3) is 10.9 Å². The van der Waals surface area contributed by atoms with Crippen molar-refractivity contribution in [2.45, 2.75) is 19.0 Å². The molecule has 26 heavy (non-hydrogen) atoms. The van der Waals surface area contributed by atoms with Crippen LogP contribution in [-0.4, -0.2) is 41.4 Å². The smallest absolute Gasteiger partial charge is 0.144 e. The van der Waals surface area contributed by atoms with Crippen molar-refractivity contribution in [1.29, 1.82) is 0 Å². The molecule has 0 amide bonds. The maximum absolute atomic E-state index is 12.1. The number of allylic oxidation sites excluding steroid dienone is 1. The van der Waals surface area contributed by atoms with Crippen LogP contribution < -0.4 is 9.80 Å². The fourth-order valence-corrected chi connectivity index (χ4v) is 3.74. The molecular formula is C21H22N4O. The van der Waals surface area contributed by atoms with E-state index in [-0.39, 0.29) is 12.1 Å². The summed E-state index contributed by atoms with van der Waals surface area (Å²) in [5.41, 5.74) is 1.09. The van der Waals surface area contributed by atoms with Crippen molar-refractivity contribution in [2.75, 3.05) is 22.9 Å². The maximum Gasteiger partial charge on any atom is 0.144 e. The molecule has 0 aliphatic carbocycles. The molecule has 1 fully saturated rings. The molecular weight excluding hydrogens is 324 g/mol. The van der Waals surface area contributed by atoms with Crippen molar-refractivity contribution in [3.05, 3.63) is 66.9 Å². The molecule has 2 unspecified atom stereocenters. The molecule has 5 nitrogen and oxygen atoms in total. The van der Waals surface area contributed by atoms with Gasteiger partial charge in [-0.25, -0.2) is 4.98 Å². The first-order valence-corrected chi connectivity index (χ1v) is 8.92. The fraction of sp³-hybridized carbons (Fsp3) is 0.238. The summed E-state index contributed by atoms with van der Waals surface area (Å²) in [6, 6.07) is 15.8. The van der Waals surface area contributed by atoms with Gasteiger partial charge in [-0.1, -0.05) is 36.4 Å². The summed E-state index contributed by atoms with van der Waals surface area (Å²) < 4.78 is 0. The Labute approximate surface area is 153 Å². The first kappa shape index (κ1) is 16.4. The van der Waals surface area contributed by atoms with Crippen LogP contribution in [0.5, 0.6) is 0 Å². The zero-order valence-electron chi connectivity index (χ0n) is 14.7. The first-order chi connectivity index (χ1) is 12.8. The number of nitrogens with one attached hydrogen (secondary N) is 1. The van der Waals surface area contributed by atoms with Crippen LogP contribution in [0.1, 0.15) is 6.92 Å². The number of hydrogen-bond acceptors (Lipinski definition) is 4. The maximum atomic E-state index is 12.1. The number of benzene rings is 1. The Morgan fingerprint density at radius 3 is 2.62 bits per heavy atom. The molecule has 2 aromatic heterocycles. The zero-order valence-corrected chi connectivity index (χ0v) is 14.7. The number of nitrogens with zero attached hydrogens (tertiary/aromatic N) is 3. The minimum absolute atomic E-state index is 0.0624. The third-order valence-electron chi connectivity index (χ3n) is 4.95. The van der Waals surface area contributed by atoms with Gasteiger partial charge in [0, 0.05) is 30.2 Å². The number of fused-ring (bicyclic) bond motifs is 1. The second-order valence-corrected chi connectivity index (χ2v) is 6.46. The van der Waals surface area contributed by atoms with Gasteiger partial charge in [0.15, 0.2) is 0 Å². The highest BCUT2D eigenvalue weighted by Gasteiger charge is 2.36. The van der Waals surface area contributed by atoms with Gasteiger partial charge >= 0.3 is 0 Å². The van der Waals surface area contributed by atoms with Crippen LogP contribution >= 0.6 is 0 Å². The second kappa shape index (κ2) is 7.04. The van der Waals surface area contributed by atoms with Crippen molar-refractivity contribution in [1.82, 2.24) is 9.97 Å². The molecule has 1 aliphatic heterocycles. The number of anilines is 2. The number of pyridine rings is 1. The average Bonchev–Trinajstić information content (AvgIpc) is 3.12. The molecule has 0 radical (unpaired) electrons. The third kappa shape index (κ3) is 2.86. The van der Waals surface area contributed by atoms with Crippen molar-refractivity contribution in [3.63, 3.8) is 0 Å². The molecule has 0 bridgehead atoms. The number of aromatic amines is 1. The van der Waals surface area contributed by atoms with E-state index in [1.165, 1.54) is 0 Å². The number of H-pyrrole nitrogens is 1. The molecule has 2 atom stereocenters. The molecule has 3 heterocycles. The molecule has 0 saturated carbocycles. The largest absolute Gasteiger partial charge is 0.346 e. The zero-order chi connectivity index (χ0) is 17.9. The molecule has 1 N–H and O–H groups in total. The lowest BCUT2D eigenvalue weighted by molar-refractivity contribution is -0.109. The molecule has 3 aromatic rings. The minimum atomic E-state index is -0.282. The van der Waals surface area contributed by atoms with Crippen LogP contribution in [0.2, 0.25) is 0 Å². The van der Waals surface area contributed by atoms with Gasteiger partial charge < -0.3 is 19.6 Å². The van der Waals surface area contributed by atoms with Gasteiger partial charge in [0.1, 0.15) is 24.0 Å². The summed E-state index contributed by atoms with van der Waals surface area (Å²) in [6.45, 7) is 3.53. The average molecular weight is 346 g/mol. The van der Waals surface area contributed by atoms with Gasteiger partial charge in [0.2, 0.25) is 0 Å². The molecule has 132 valence electrons. The monoisotopic (exact) mass is 346 g/mol. The number of carbonyl (C=O) groups is 1. The Kier molecular flexibility index (Phi) is 4.44. The quantitative estimate of drug-likeness (QED) is 0.581. The Hall–Kier alpha value is -3.08. The number of para-hydroxylation sites is 1. The van der Waals surface area contributed by atoms with E-state index in [0.29, 0.717) is 0 Å². The molecule has 1 aromatic carbocycles. The van der Waals surface area contributed by atoms with Crippen LogP contribution in [0, 0.1) is 0 Å². The van der Waals surface area contributed by atoms with Crippen molar-refractivity contribution in [3.8, 4) is 0 Å². The van der Waals surface area contributed by atoms with Gasteiger partial charge in [-0.2, -0.15) is 0 Å². The fourth-order valence-electron chi connectivity index (χ4n) is 3.74. The molecule has 5 heteroatoms. The van der Waals surface area contributed by atoms with Gasteiger partial charge in [-0.05, 0) is 31.2 Å². The number of hydrogen-bond donors (Lipinski definition) is 1. The van der Waals surface area contributed by atoms with E-state index in [2.05, 4.69) is 44.0 Å². The summed E-state index contributed by atoms with van der Waals surface area (Å²) in [5, 5.41) is 1.15. The van der Waals surface area contributed by atoms with Gasteiger partial charge in [0.05, 0.1) is 6.04 Å². The van der Waals surface area contributed by atoms with Crippen molar-refractivity contribution < 1.29 is 4.79 Å². The molecule has 0 spiro atoms. The summed E-state index contributed by atoms with van der Waals surface area (Å²) in [5.74, 6) is 1.89. The number of piperazine rings is 1. The number of carbonyl (C=O) groups excluding carboxylic acids is 1. The molecule has 1 aliphatic rings. The predicted octanol–water partition coefficient (Wildman–Crippen LogP) is 3.40. The summed E-state index contributed by atoms with van der Waals surface area (Å²) in [4.78, 5) is 24.4. The Morgan fingerprint density at radius 1 is 1.08 bits per heavy atom.